The molecular formula is C9H10N2O4S2. The second-order valence-electron chi connectivity index (χ2n) is 3.05. The van der Waals surface area contributed by atoms with Crippen molar-refractivity contribution in [3.05, 3.63) is 24.3 Å². The molecule has 0 fully saturated rings. The molecule has 17 heavy (non-hydrogen) atoms. The van der Waals surface area contributed by atoms with Crippen LogP contribution in [0.4, 0.5) is 0 Å². The van der Waals surface area contributed by atoms with Crippen LogP contribution >= 0.6 is 0 Å². The van der Waals surface area contributed by atoms with E-state index in [0.717, 1.165) is 6.07 Å². The first-order chi connectivity index (χ1) is 7.77. The Balaban J connectivity index is 3.22. The highest BCUT2D eigenvalue weighted by Crippen LogP contribution is 2.14. The average Bonchev–Trinajstić information content (AvgIpc) is 2.25. The van der Waals surface area contributed by atoms with Gasteiger partial charge in [0.1, 0.15) is 0 Å². The third kappa shape index (κ3) is 3.54. The average molecular weight is 274 g/mol. The summed E-state index contributed by atoms with van der Waals surface area (Å²) in [5.41, 5.74) is 0. The number of nitrogens with one attached hydrogen (secondary N) is 1. The minimum atomic E-state index is -3.94. The molecule has 0 heterocycles. The maximum absolute atomic E-state index is 11.6. The number of rotatable bonds is 4. The molecule has 0 aliphatic rings. The molecule has 0 atom stereocenters. The summed E-state index contributed by atoms with van der Waals surface area (Å²) in [5.74, 6) is 2.11. The summed E-state index contributed by atoms with van der Waals surface area (Å²) >= 11 is 0. The second-order valence-corrected chi connectivity index (χ2v) is 6.38. The SMILES string of the molecule is C#CCNS(=O)(=O)c1cccc(S(N)(=O)=O)c1. The molecule has 1 rings (SSSR count). The number of hydrogen-bond acceptors (Lipinski definition) is 4. The summed E-state index contributed by atoms with van der Waals surface area (Å²) in [6.45, 7) is -0.179. The van der Waals surface area contributed by atoms with Crippen molar-refractivity contribution in [1.82, 2.24) is 4.72 Å². The summed E-state index contributed by atoms with van der Waals surface area (Å²) in [5, 5.41) is 4.89. The molecule has 0 aromatic heterocycles. The lowest BCUT2D eigenvalue weighted by molar-refractivity contribution is 0.585. The van der Waals surface area contributed by atoms with Crippen LogP contribution < -0.4 is 9.86 Å². The zero-order chi connectivity index (χ0) is 13.1. The first-order valence-electron chi connectivity index (χ1n) is 4.33. The third-order valence-electron chi connectivity index (χ3n) is 1.81. The number of primary sulfonamides is 1. The van der Waals surface area contributed by atoms with E-state index in [9.17, 15) is 16.8 Å². The van der Waals surface area contributed by atoms with E-state index in [1.54, 1.807) is 0 Å². The number of terminal acetylenes is 1. The Morgan fingerprint density at radius 2 is 1.82 bits per heavy atom. The quantitative estimate of drug-likeness (QED) is 0.704. The van der Waals surface area contributed by atoms with Gasteiger partial charge in [-0.25, -0.2) is 22.0 Å². The Morgan fingerprint density at radius 3 is 2.35 bits per heavy atom. The molecule has 0 unspecified atom stereocenters. The Morgan fingerprint density at radius 1 is 1.24 bits per heavy atom. The fourth-order valence-corrected chi connectivity index (χ4v) is 2.65. The molecule has 0 aliphatic heterocycles. The van der Waals surface area contributed by atoms with E-state index in [0.29, 0.717) is 0 Å². The van der Waals surface area contributed by atoms with Gasteiger partial charge < -0.3 is 0 Å². The number of benzene rings is 1. The van der Waals surface area contributed by atoms with Gasteiger partial charge in [-0.1, -0.05) is 12.0 Å². The van der Waals surface area contributed by atoms with Gasteiger partial charge in [-0.15, -0.1) is 6.42 Å². The maximum atomic E-state index is 11.6. The number of nitrogens with two attached hydrogens (primary N) is 1. The van der Waals surface area contributed by atoms with Crippen molar-refractivity contribution in [2.75, 3.05) is 6.54 Å². The maximum Gasteiger partial charge on any atom is 0.241 e. The fraction of sp³-hybridized carbons (Fsp3) is 0.111. The molecule has 8 heteroatoms. The number of hydrogen-bond donors (Lipinski definition) is 2. The first kappa shape index (κ1) is 13.7. The Bertz CT molecular complexity index is 656. The molecule has 92 valence electrons. The van der Waals surface area contributed by atoms with Crippen LogP contribution in [0.25, 0.3) is 0 Å². The highest BCUT2D eigenvalue weighted by molar-refractivity contribution is 7.90. The summed E-state index contributed by atoms with van der Waals surface area (Å²) < 4.78 is 47.5. The Hall–Kier alpha value is -1.40. The summed E-state index contributed by atoms with van der Waals surface area (Å²) in [6.07, 6.45) is 4.92. The molecular weight excluding hydrogens is 264 g/mol. The molecule has 0 spiro atoms. The Kier molecular flexibility index (Phi) is 3.90. The predicted octanol–water partition coefficient (Wildman–Crippen LogP) is -0.754. The lowest BCUT2D eigenvalue weighted by atomic mass is 10.4. The van der Waals surface area contributed by atoms with E-state index in [2.05, 4.69) is 10.6 Å². The van der Waals surface area contributed by atoms with Crippen LogP contribution in [0, 0.1) is 12.3 Å². The van der Waals surface area contributed by atoms with Crippen LogP contribution in [0.5, 0.6) is 0 Å². The third-order valence-corrected chi connectivity index (χ3v) is 4.12. The van der Waals surface area contributed by atoms with Gasteiger partial charge in [0.15, 0.2) is 0 Å². The number of sulfonamides is 2. The molecule has 6 nitrogen and oxygen atoms in total. The normalized spacial score (nSPS) is 12.0. The van der Waals surface area contributed by atoms with Crippen LogP contribution in [-0.2, 0) is 20.0 Å². The zero-order valence-corrected chi connectivity index (χ0v) is 10.3. The van der Waals surface area contributed by atoms with Crippen LogP contribution in [0.15, 0.2) is 34.1 Å². The van der Waals surface area contributed by atoms with Gasteiger partial charge in [-0.2, -0.15) is 4.72 Å². The van der Waals surface area contributed by atoms with Crippen molar-refractivity contribution in [2.24, 2.45) is 5.14 Å². The lowest BCUT2D eigenvalue weighted by Gasteiger charge is -2.05. The first-order valence-corrected chi connectivity index (χ1v) is 7.36. The lowest BCUT2D eigenvalue weighted by Crippen LogP contribution is -2.24. The van der Waals surface area contributed by atoms with E-state index >= 15 is 0 Å². The minimum absolute atomic E-state index is 0.179. The van der Waals surface area contributed by atoms with Crippen molar-refractivity contribution in [1.29, 1.82) is 0 Å². The standard InChI is InChI=1S/C9H10N2O4S2/c1-2-6-11-17(14,15)9-5-3-4-8(7-9)16(10,12)13/h1,3-5,7,11H,6H2,(H2,10,12,13). The van der Waals surface area contributed by atoms with Crippen LogP contribution in [0.1, 0.15) is 0 Å². The molecule has 0 amide bonds. The molecule has 0 saturated carbocycles. The molecule has 0 radical (unpaired) electrons. The molecule has 1 aromatic carbocycles. The van der Waals surface area contributed by atoms with Gasteiger partial charge in [0.25, 0.3) is 0 Å². The highest BCUT2D eigenvalue weighted by atomic mass is 32.2. The minimum Gasteiger partial charge on any atom is -0.225 e. The predicted molar refractivity (Wildman–Crippen MR) is 61.8 cm³/mol. The fourth-order valence-electron chi connectivity index (χ4n) is 1.04. The van der Waals surface area contributed by atoms with Crippen molar-refractivity contribution in [3.8, 4) is 12.3 Å². The van der Waals surface area contributed by atoms with E-state index in [1.807, 2.05) is 0 Å². The van der Waals surface area contributed by atoms with E-state index in [1.165, 1.54) is 18.2 Å². The van der Waals surface area contributed by atoms with Crippen molar-refractivity contribution in [3.63, 3.8) is 0 Å². The van der Waals surface area contributed by atoms with E-state index < -0.39 is 20.0 Å². The van der Waals surface area contributed by atoms with E-state index in [4.69, 9.17) is 11.6 Å². The van der Waals surface area contributed by atoms with Crippen molar-refractivity contribution in [2.45, 2.75) is 9.79 Å². The van der Waals surface area contributed by atoms with Gasteiger partial charge in [0, 0.05) is 0 Å². The van der Waals surface area contributed by atoms with Gasteiger partial charge in [0.05, 0.1) is 16.3 Å². The van der Waals surface area contributed by atoms with Gasteiger partial charge in [0.2, 0.25) is 20.0 Å². The van der Waals surface area contributed by atoms with Gasteiger partial charge in [-0.05, 0) is 18.2 Å². The monoisotopic (exact) mass is 274 g/mol. The molecule has 0 saturated heterocycles. The molecule has 0 aliphatic carbocycles. The largest absolute Gasteiger partial charge is 0.241 e. The van der Waals surface area contributed by atoms with Crippen LogP contribution in [0.2, 0.25) is 0 Å². The Labute approximate surface area is 99.9 Å². The zero-order valence-electron chi connectivity index (χ0n) is 8.62. The van der Waals surface area contributed by atoms with Crippen molar-refractivity contribution < 1.29 is 16.8 Å². The summed E-state index contributed by atoms with van der Waals surface area (Å²) in [4.78, 5) is -0.486. The smallest absolute Gasteiger partial charge is 0.225 e. The second kappa shape index (κ2) is 4.85. The van der Waals surface area contributed by atoms with Gasteiger partial charge in [-0.3, -0.25) is 0 Å². The van der Waals surface area contributed by atoms with Crippen LogP contribution in [0.3, 0.4) is 0 Å². The van der Waals surface area contributed by atoms with Crippen LogP contribution in [-0.4, -0.2) is 23.4 Å². The summed E-state index contributed by atoms with van der Waals surface area (Å²) in [6, 6.07) is 4.70. The molecule has 0 bridgehead atoms. The van der Waals surface area contributed by atoms with Gasteiger partial charge >= 0.3 is 0 Å². The topological polar surface area (TPSA) is 106 Å². The van der Waals surface area contributed by atoms with E-state index in [-0.39, 0.29) is 16.3 Å². The highest BCUT2D eigenvalue weighted by Gasteiger charge is 2.16. The summed E-state index contributed by atoms with van der Waals surface area (Å²) in [7, 11) is -7.76. The molecule has 1 aromatic rings. The molecule has 3 N–H and O–H groups in total. The van der Waals surface area contributed by atoms with Crippen molar-refractivity contribution >= 4 is 20.0 Å².